The van der Waals surface area contributed by atoms with Crippen LogP contribution in [0.4, 0.5) is 19.0 Å². The van der Waals surface area contributed by atoms with E-state index in [0.29, 0.717) is 23.1 Å². The van der Waals surface area contributed by atoms with Crippen LogP contribution >= 0.6 is 0 Å². The molecule has 1 aliphatic rings. The van der Waals surface area contributed by atoms with Crippen molar-refractivity contribution in [2.45, 2.75) is 25.6 Å². The molecule has 1 saturated heterocycles. The maximum atomic E-state index is 12.8. The molecule has 2 N–H and O–H groups in total. The van der Waals surface area contributed by atoms with Crippen LogP contribution in [0.5, 0.6) is 0 Å². The van der Waals surface area contributed by atoms with E-state index in [1.54, 1.807) is 19.1 Å². The zero-order valence-electron chi connectivity index (χ0n) is 12.8. The second-order valence-electron chi connectivity index (χ2n) is 5.54. The van der Waals surface area contributed by atoms with Crippen molar-refractivity contribution in [3.05, 3.63) is 23.7 Å². The molecular formula is C14H17F3N6. The first kappa shape index (κ1) is 15.7. The van der Waals surface area contributed by atoms with E-state index in [0.717, 1.165) is 24.2 Å². The number of hydrogen-bond acceptors (Lipinski definition) is 5. The Balaban J connectivity index is 1.86. The van der Waals surface area contributed by atoms with Gasteiger partial charge in [0.05, 0.1) is 5.69 Å². The van der Waals surface area contributed by atoms with Gasteiger partial charge in [0.1, 0.15) is 5.82 Å². The van der Waals surface area contributed by atoms with Crippen LogP contribution in [-0.2, 0) is 13.2 Å². The lowest BCUT2D eigenvalue weighted by Gasteiger charge is -2.13. The van der Waals surface area contributed by atoms with Crippen LogP contribution in [0, 0.1) is 6.92 Å². The average Bonchev–Trinajstić information content (AvgIpc) is 3.08. The fourth-order valence-corrected chi connectivity index (χ4v) is 2.61. The quantitative estimate of drug-likeness (QED) is 0.903. The molecule has 3 rings (SSSR count). The van der Waals surface area contributed by atoms with E-state index in [1.165, 1.54) is 7.05 Å². The largest absolute Gasteiger partial charge is 0.451 e. The molecule has 2 aromatic rings. The van der Waals surface area contributed by atoms with E-state index in [-0.39, 0.29) is 5.82 Å². The summed E-state index contributed by atoms with van der Waals surface area (Å²) >= 11 is 0. The second-order valence-corrected chi connectivity index (χ2v) is 5.54. The van der Waals surface area contributed by atoms with Crippen LogP contribution < -0.4 is 10.6 Å². The lowest BCUT2D eigenvalue weighted by Crippen LogP contribution is -2.22. The van der Waals surface area contributed by atoms with Gasteiger partial charge in [0.25, 0.3) is 0 Å². The molecule has 9 heteroatoms. The summed E-state index contributed by atoms with van der Waals surface area (Å²) in [7, 11) is 1.23. The number of alkyl halides is 3. The van der Waals surface area contributed by atoms with Gasteiger partial charge in [0.2, 0.25) is 5.82 Å². The Bertz CT molecular complexity index is 703. The Morgan fingerprint density at radius 2 is 2.09 bits per heavy atom. The molecule has 0 aliphatic carbocycles. The molecule has 124 valence electrons. The van der Waals surface area contributed by atoms with Crippen LogP contribution in [0.1, 0.15) is 17.9 Å². The van der Waals surface area contributed by atoms with Gasteiger partial charge in [-0.15, -0.1) is 0 Å². The van der Waals surface area contributed by atoms with Crippen molar-refractivity contribution in [3.8, 4) is 11.4 Å². The molecule has 0 aromatic carbocycles. The third-order valence-electron chi connectivity index (χ3n) is 3.76. The standard InChI is InChI=1S/C14H17F3N6/c1-8-10(12-21-13(14(15,16)17)23(2)22-12)3-4-11(19-8)20-9-5-6-18-7-9/h3-4,9,18H,5-7H2,1-2H3,(H,19,20)/t9-/m0/s1. The zero-order chi connectivity index (χ0) is 16.6. The van der Waals surface area contributed by atoms with Crippen molar-refractivity contribution in [2.75, 3.05) is 18.4 Å². The summed E-state index contributed by atoms with van der Waals surface area (Å²) in [5, 5.41) is 10.4. The predicted octanol–water partition coefficient (Wildman–Crippen LogP) is 1.98. The van der Waals surface area contributed by atoms with Gasteiger partial charge in [-0.25, -0.2) is 14.6 Å². The smallest absolute Gasteiger partial charge is 0.366 e. The molecule has 0 unspecified atom stereocenters. The molecule has 0 spiro atoms. The van der Waals surface area contributed by atoms with E-state index < -0.39 is 12.0 Å². The third-order valence-corrected chi connectivity index (χ3v) is 3.76. The van der Waals surface area contributed by atoms with Gasteiger partial charge in [-0.1, -0.05) is 0 Å². The molecule has 1 fully saturated rings. The first-order valence-corrected chi connectivity index (χ1v) is 7.28. The molecule has 0 radical (unpaired) electrons. The van der Waals surface area contributed by atoms with Gasteiger partial charge < -0.3 is 10.6 Å². The molecule has 1 atom stereocenters. The minimum absolute atomic E-state index is 0.0268. The minimum atomic E-state index is -4.53. The fraction of sp³-hybridized carbons (Fsp3) is 0.500. The highest BCUT2D eigenvalue weighted by atomic mass is 19.4. The van der Waals surface area contributed by atoms with Gasteiger partial charge in [0, 0.05) is 25.2 Å². The zero-order valence-corrected chi connectivity index (χ0v) is 12.8. The lowest BCUT2D eigenvalue weighted by molar-refractivity contribution is -0.147. The number of aryl methyl sites for hydroxylation is 2. The summed E-state index contributed by atoms with van der Waals surface area (Å²) in [5.74, 6) is -0.294. The summed E-state index contributed by atoms with van der Waals surface area (Å²) in [5.41, 5.74) is 1.08. The molecule has 6 nitrogen and oxygen atoms in total. The lowest BCUT2D eigenvalue weighted by atomic mass is 10.2. The number of nitrogens with zero attached hydrogens (tertiary/aromatic N) is 4. The minimum Gasteiger partial charge on any atom is -0.366 e. The maximum Gasteiger partial charge on any atom is 0.451 e. The van der Waals surface area contributed by atoms with Crippen LogP contribution in [-0.4, -0.2) is 38.9 Å². The Kier molecular flexibility index (Phi) is 3.97. The fourth-order valence-electron chi connectivity index (χ4n) is 2.61. The molecule has 23 heavy (non-hydrogen) atoms. The number of pyridine rings is 1. The van der Waals surface area contributed by atoms with Gasteiger partial charge in [-0.05, 0) is 32.0 Å². The Hall–Kier alpha value is -2.16. The summed E-state index contributed by atoms with van der Waals surface area (Å²) < 4.78 is 39.2. The maximum absolute atomic E-state index is 12.8. The van der Waals surface area contributed by atoms with Gasteiger partial charge >= 0.3 is 6.18 Å². The van der Waals surface area contributed by atoms with Crippen molar-refractivity contribution in [2.24, 2.45) is 7.05 Å². The second kappa shape index (κ2) is 5.80. The molecule has 0 bridgehead atoms. The number of halogens is 3. The number of hydrogen-bond donors (Lipinski definition) is 2. The third kappa shape index (κ3) is 3.29. The Labute approximate surface area is 131 Å². The van der Waals surface area contributed by atoms with Crippen LogP contribution in [0.25, 0.3) is 11.4 Å². The summed E-state index contributed by atoms with van der Waals surface area (Å²) in [6.45, 7) is 3.57. The van der Waals surface area contributed by atoms with Gasteiger partial charge in [-0.2, -0.15) is 18.3 Å². The normalized spacial score (nSPS) is 18.4. The van der Waals surface area contributed by atoms with Crippen molar-refractivity contribution < 1.29 is 13.2 Å². The van der Waals surface area contributed by atoms with Crippen molar-refractivity contribution in [3.63, 3.8) is 0 Å². The molecule has 1 aliphatic heterocycles. The Morgan fingerprint density at radius 3 is 2.65 bits per heavy atom. The molecule has 2 aromatic heterocycles. The topological polar surface area (TPSA) is 67.7 Å². The molecule has 0 amide bonds. The summed E-state index contributed by atoms with van der Waals surface area (Å²) in [6.07, 6.45) is -3.52. The van der Waals surface area contributed by atoms with Crippen molar-refractivity contribution in [1.82, 2.24) is 25.1 Å². The van der Waals surface area contributed by atoms with Crippen molar-refractivity contribution in [1.29, 1.82) is 0 Å². The van der Waals surface area contributed by atoms with Crippen LogP contribution in [0.15, 0.2) is 12.1 Å². The van der Waals surface area contributed by atoms with E-state index in [4.69, 9.17) is 0 Å². The number of aromatic nitrogens is 4. The first-order valence-electron chi connectivity index (χ1n) is 7.28. The monoisotopic (exact) mass is 326 g/mol. The van der Waals surface area contributed by atoms with E-state index >= 15 is 0 Å². The van der Waals surface area contributed by atoms with E-state index in [9.17, 15) is 13.2 Å². The first-order chi connectivity index (χ1) is 10.8. The highest BCUT2D eigenvalue weighted by molar-refractivity contribution is 5.60. The Morgan fingerprint density at radius 1 is 1.30 bits per heavy atom. The van der Waals surface area contributed by atoms with Crippen LogP contribution in [0.2, 0.25) is 0 Å². The average molecular weight is 326 g/mol. The SMILES string of the molecule is Cc1nc(N[C@H]2CCNC2)ccc1-c1nc(C(F)(F)F)n(C)n1. The molecule has 3 heterocycles. The van der Waals surface area contributed by atoms with Gasteiger partial charge in [-0.3, -0.25) is 0 Å². The van der Waals surface area contributed by atoms with Crippen LogP contribution in [0.3, 0.4) is 0 Å². The van der Waals surface area contributed by atoms with E-state index in [1.807, 2.05) is 0 Å². The highest BCUT2D eigenvalue weighted by Crippen LogP contribution is 2.30. The number of anilines is 1. The van der Waals surface area contributed by atoms with E-state index in [2.05, 4.69) is 25.7 Å². The summed E-state index contributed by atoms with van der Waals surface area (Å²) in [4.78, 5) is 8.01. The summed E-state index contributed by atoms with van der Waals surface area (Å²) in [6, 6.07) is 3.75. The predicted molar refractivity (Wildman–Crippen MR) is 78.9 cm³/mol. The number of rotatable bonds is 3. The van der Waals surface area contributed by atoms with Crippen molar-refractivity contribution >= 4 is 5.82 Å². The molecule has 0 saturated carbocycles. The van der Waals surface area contributed by atoms with Gasteiger partial charge in [0.15, 0.2) is 5.82 Å². The number of nitrogens with one attached hydrogen (secondary N) is 2. The highest BCUT2D eigenvalue weighted by Gasteiger charge is 2.37. The molecular weight excluding hydrogens is 309 g/mol.